The molecule has 0 atom stereocenters. The predicted molar refractivity (Wildman–Crippen MR) is 51.9 cm³/mol. The largest absolute Gasteiger partial charge is 0.179 e. The molecule has 0 aliphatic carbocycles. The van der Waals surface area contributed by atoms with E-state index in [4.69, 9.17) is 6.42 Å². The van der Waals surface area contributed by atoms with Gasteiger partial charge in [0.25, 0.3) is 0 Å². The van der Waals surface area contributed by atoms with Crippen molar-refractivity contribution in [1.29, 1.82) is 0 Å². The first kappa shape index (κ1) is 8.23. The first-order chi connectivity index (χ1) is 5.36. The Hall–Kier alpha value is -0.870. The Morgan fingerprint density at radius 1 is 1.45 bits per heavy atom. The van der Waals surface area contributed by atoms with Crippen molar-refractivity contribution in [3.8, 4) is 12.3 Å². The topological polar surface area (TPSA) is 0 Å². The molecule has 1 aromatic carbocycles. The Morgan fingerprint density at radius 2 is 2.27 bits per heavy atom. The summed E-state index contributed by atoms with van der Waals surface area (Å²) >= 11 is 4.14. The highest BCUT2D eigenvalue weighted by Gasteiger charge is 1.91. The van der Waals surface area contributed by atoms with Crippen molar-refractivity contribution < 1.29 is 0 Å². The number of terminal acetylenes is 1. The van der Waals surface area contributed by atoms with Crippen LogP contribution in [0.2, 0.25) is 0 Å². The molecule has 0 aliphatic heterocycles. The Labute approximate surface area is 73.0 Å². The molecule has 0 fully saturated rings. The Kier molecular flexibility index (Phi) is 3.07. The second-order valence-electron chi connectivity index (χ2n) is 2.32. The molecule has 1 rings (SSSR count). The highest BCUT2D eigenvalue weighted by atomic mass is 32.1. The highest BCUT2D eigenvalue weighted by Crippen LogP contribution is 2.04. The molecule has 0 nitrogen and oxygen atoms in total. The van der Waals surface area contributed by atoms with Gasteiger partial charge in [-0.3, -0.25) is 0 Å². The zero-order valence-corrected chi connectivity index (χ0v) is 7.14. The van der Waals surface area contributed by atoms with E-state index in [9.17, 15) is 0 Å². The third-order valence-corrected chi connectivity index (χ3v) is 1.72. The van der Waals surface area contributed by atoms with Crippen LogP contribution in [0.5, 0.6) is 0 Å². The Bertz CT molecular complexity index is 270. The molecular formula is C10H10S. The van der Waals surface area contributed by atoms with E-state index in [1.165, 1.54) is 5.56 Å². The van der Waals surface area contributed by atoms with Crippen LogP contribution in [0.25, 0.3) is 0 Å². The number of thiol groups is 1. The quantitative estimate of drug-likeness (QED) is 0.500. The lowest BCUT2D eigenvalue weighted by Gasteiger charge is -1.97. The molecule has 11 heavy (non-hydrogen) atoms. The minimum absolute atomic E-state index is 0.869. The van der Waals surface area contributed by atoms with Gasteiger partial charge < -0.3 is 0 Å². The Morgan fingerprint density at radius 3 is 2.91 bits per heavy atom. The monoisotopic (exact) mass is 162 g/mol. The lowest BCUT2D eigenvalue weighted by Crippen LogP contribution is -1.86. The van der Waals surface area contributed by atoms with Gasteiger partial charge in [0.15, 0.2) is 0 Å². The zero-order valence-electron chi connectivity index (χ0n) is 6.25. The average Bonchev–Trinajstić information content (AvgIpc) is 2.06. The highest BCUT2D eigenvalue weighted by molar-refractivity contribution is 7.80. The van der Waals surface area contributed by atoms with E-state index >= 15 is 0 Å². The van der Waals surface area contributed by atoms with Gasteiger partial charge in [0.2, 0.25) is 0 Å². The van der Waals surface area contributed by atoms with Crippen LogP contribution in [-0.4, -0.2) is 5.75 Å². The van der Waals surface area contributed by atoms with Gasteiger partial charge in [-0.2, -0.15) is 12.6 Å². The molecule has 0 spiro atoms. The third kappa shape index (κ3) is 2.32. The number of rotatable bonds is 2. The zero-order chi connectivity index (χ0) is 8.10. The molecule has 0 N–H and O–H groups in total. The molecule has 0 unspecified atom stereocenters. The molecule has 56 valence electrons. The number of hydrogen-bond donors (Lipinski definition) is 1. The molecule has 0 aliphatic rings. The van der Waals surface area contributed by atoms with Crippen LogP contribution < -0.4 is 0 Å². The van der Waals surface area contributed by atoms with E-state index < -0.39 is 0 Å². The molecule has 0 amide bonds. The fourth-order valence-corrected chi connectivity index (χ4v) is 1.20. The first-order valence-electron chi connectivity index (χ1n) is 3.53. The van der Waals surface area contributed by atoms with E-state index in [0.717, 1.165) is 17.7 Å². The minimum Gasteiger partial charge on any atom is -0.179 e. The summed E-state index contributed by atoms with van der Waals surface area (Å²) in [6, 6.07) is 8.00. The van der Waals surface area contributed by atoms with Gasteiger partial charge >= 0.3 is 0 Å². The van der Waals surface area contributed by atoms with Crippen molar-refractivity contribution in [2.24, 2.45) is 0 Å². The first-order valence-corrected chi connectivity index (χ1v) is 4.16. The van der Waals surface area contributed by atoms with E-state index in [1.807, 2.05) is 18.2 Å². The summed E-state index contributed by atoms with van der Waals surface area (Å²) in [6.07, 6.45) is 6.23. The molecule has 0 bridgehead atoms. The van der Waals surface area contributed by atoms with Crippen molar-refractivity contribution in [2.75, 3.05) is 5.75 Å². The van der Waals surface area contributed by atoms with E-state index in [2.05, 4.69) is 24.6 Å². The van der Waals surface area contributed by atoms with Crippen LogP contribution in [0.4, 0.5) is 0 Å². The molecule has 1 heteroatoms. The molecule has 0 radical (unpaired) electrons. The van der Waals surface area contributed by atoms with Gasteiger partial charge in [-0.05, 0) is 29.9 Å². The van der Waals surface area contributed by atoms with Crippen LogP contribution >= 0.6 is 12.6 Å². The number of benzene rings is 1. The van der Waals surface area contributed by atoms with Crippen molar-refractivity contribution >= 4 is 12.6 Å². The van der Waals surface area contributed by atoms with Crippen molar-refractivity contribution in [1.82, 2.24) is 0 Å². The second kappa shape index (κ2) is 4.10. The lowest BCUT2D eigenvalue weighted by atomic mass is 10.1. The molecular weight excluding hydrogens is 152 g/mol. The molecule has 0 aromatic heterocycles. The summed E-state index contributed by atoms with van der Waals surface area (Å²) in [5.41, 5.74) is 2.21. The Balaban J connectivity index is 2.85. The number of aryl methyl sites for hydroxylation is 1. The smallest absolute Gasteiger partial charge is 0.0245 e. The van der Waals surface area contributed by atoms with E-state index in [-0.39, 0.29) is 0 Å². The van der Waals surface area contributed by atoms with Crippen LogP contribution in [0.1, 0.15) is 11.1 Å². The molecule has 0 heterocycles. The van der Waals surface area contributed by atoms with Crippen LogP contribution in [-0.2, 0) is 6.42 Å². The van der Waals surface area contributed by atoms with Crippen molar-refractivity contribution in [2.45, 2.75) is 6.42 Å². The van der Waals surface area contributed by atoms with Crippen molar-refractivity contribution in [3.05, 3.63) is 35.4 Å². The van der Waals surface area contributed by atoms with Gasteiger partial charge in [0.1, 0.15) is 0 Å². The summed E-state index contributed by atoms with van der Waals surface area (Å²) in [5, 5.41) is 0. The van der Waals surface area contributed by atoms with Gasteiger partial charge in [0.05, 0.1) is 0 Å². The summed E-state index contributed by atoms with van der Waals surface area (Å²) < 4.78 is 0. The van der Waals surface area contributed by atoms with E-state index in [1.54, 1.807) is 0 Å². The van der Waals surface area contributed by atoms with E-state index in [0.29, 0.717) is 0 Å². The van der Waals surface area contributed by atoms with Gasteiger partial charge in [-0.15, -0.1) is 6.42 Å². The summed E-state index contributed by atoms with van der Waals surface area (Å²) in [4.78, 5) is 0. The van der Waals surface area contributed by atoms with Gasteiger partial charge in [-0.1, -0.05) is 18.1 Å². The standard InChI is InChI=1S/C10H10S/c1-2-9-4-3-5-10(8-9)6-7-11/h1,3-5,8,11H,6-7H2. The lowest BCUT2D eigenvalue weighted by molar-refractivity contribution is 1.16. The van der Waals surface area contributed by atoms with Gasteiger partial charge in [0, 0.05) is 5.56 Å². The minimum atomic E-state index is 0.869. The van der Waals surface area contributed by atoms with Crippen LogP contribution in [0, 0.1) is 12.3 Å². The predicted octanol–water partition coefficient (Wildman–Crippen LogP) is 2.14. The SMILES string of the molecule is C#Cc1cccc(CCS)c1. The molecule has 1 aromatic rings. The van der Waals surface area contributed by atoms with Crippen molar-refractivity contribution in [3.63, 3.8) is 0 Å². The summed E-state index contributed by atoms with van der Waals surface area (Å²) in [7, 11) is 0. The fourth-order valence-electron chi connectivity index (χ4n) is 0.946. The normalized spacial score (nSPS) is 9.09. The fraction of sp³-hybridized carbons (Fsp3) is 0.200. The average molecular weight is 162 g/mol. The van der Waals surface area contributed by atoms with Crippen LogP contribution in [0.3, 0.4) is 0 Å². The maximum absolute atomic E-state index is 5.25. The van der Waals surface area contributed by atoms with Gasteiger partial charge in [-0.25, -0.2) is 0 Å². The number of hydrogen-bond acceptors (Lipinski definition) is 1. The maximum Gasteiger partial charge on any atom is 0.0245 e. The molecule has 0 saturated heterocycles. The summed E-state index contributed by atoms with van der Waals surface area (Å²) in [6.45, 7) is 0. The second-order valence-corrected chi connectivity index (χ2v) is 2.77. The summed E-state index contributed by atoms with van der Waals surface area (Å²) in [5.74, 6) is 3.47. The molecule has 0 saturated carbocycles. The third-order valence-electron chi connectivity index (χ3n) is 1.49. The maximum atomic E-state index is 5.25. The van der Waals surface area contributed by atoms with Crippen LogP contribution in [0.15, 0.2) is 24.3 Å².